The average Bonchev–Trinajstić information content (AvgIpc) is 1.77. The average molecular weight is 114 g/mol. The van der Waals surface area contributed by atoms with Gasteiger partial charge in [-0.05, 0) is 12.5 Å². The second-order valence-corrected chi connectivity index (χ2v) is 1.52. The smallest absolute Gasteiger partial charge is 0.162 e. The van der Waals surface area contributed by atoms with E-state index in [1.807, 2.05) is 6.08 Å². The fourth-order valence-corrected chi connectivity index (χ4v) is 0.490. The van der Waals surface area contributed by atoms with E-state index in [0.29, 0.717) is 6.42 Å². The number of hydrogen-bond donors (Lipinski definition) is 0. The van der Waals surface area contributed by atoms with Crippen molar-refractivity contribution in [2.24, 2.45) is 0 Å². The molecule has 0 bridgehead atoms. The lowest BCUT2D eigenvalue weighted by Crippen LogP contribution is -1.84. The third-order valence-electron chi connectivity index (χ3n) is 0.906. The van der Waals surface area contributed by atoms with Crippen LogP contribution in [0.5, 0.6) is 0 Å². The summed E-state index contributed by atoms with van der Waals surface area (Å²) in [7, 11) is 0. The first-order valence-electron chi connectivity index (χ1n) is 2.34. The van der Waals surface area contributed by atoms with Crippen molar-refractivity contribution in [2.45, 2.75) is 12.8 Å². The first-order chi connectivity index (χ1) is 3.80. The highest BCUT2D eigenvalue weighted by molar-refractivity contribution is 5.11. The van der Waals surface area contributed by atoms with Crippen LogP contribution in [0.3, 0.4) is 0 Å². The van der Waals surface area contributed by atoms with Crippen LogP contribution in [0, 0.1) is 12.2 Å². The molecular weight excluding hydrogens is 110 g/mol. The predicted molar refractivity (Wildman–Crippen MR) is 25.0 cm³/mol. The van der Waals surface area contributed by atoms with E-state index in [4.69, 9.17) is 0 Å². The maximum absolute atomic E-state index is 12.0. The zero-order valence-electron chi connectivity index (χ0n) is 4.17. The highest BCUT2D eigenvalue weighted by atomic mass is 19.2. The van der Waals surface area contributed by atoms with Crippen molar-refractivity contribution in [3.05, 3.63) is 23.8 Å². The monoisotopic (exact) mass is 114 g/mol. The van der Waals surface area contributed by atoms with Crippen LogP contribution < -0.4 is 0 Å². The van der Waals surface area contributed by atoms with Crippen LogP contribution in [0.4, 0.5) is 8.78 Å². The SMILES string of the molecule is FC1=C(F)CC[C]=[C]1. The summed E-state index contributed by atoms with van der Waals surface area (Å²) in [6.07, 6.45) is 5.04. The van der Waals surface area contributed by atoms with Gasteiger partial charge in [0.05, 0.1) is 0 Å². The van der Waals surface area contributed by atoms with Gasteiger partial charge >= 0.3 is 0 Å². The van der Waals surface area contributed by atoms with Crippen LogP contribution in [-0.2, 0) is 0 Å². The molecule has 0 heterocycles. The normalized spacial score (nSPS) is 19.8. The number of rotatable bonds is 0. The van der Waals surface area contributed by atoms with Crippen molar-refractivity contribution in [3.63, 3.8) is 0 Å². The molecule has 0 aromatic rings. The maximum Gasteiger partial charge on any atom is 0.162 e. The van der Waals surface area contributed by atoms with Gasteiger partial charge in [0.15, 0.2) is 5.83 Å². The summed E-state index contributed by atoms with van der Waals surface area (Å²) < 4.78 is 23.9. The molecule has 0 N–H and O–H groups in total. The van der Waals surface area contributed by atoms with Gasteiger partial charge in [-0.15, -0.1) is 0 Å². The van der Waals surface area contributed by atoms with E-state index in [2.05, 4.69) is 6.08 Å². The quantitative estimate of drug-likeness (QED) is 0.452. The van der Waals surface area contributed by atoms with E-state index >= 15 is 0 Å². The molecule has 0 aromatic carbocycles. The zero-order chi connectivity index (χ0) is 5.98. The summed E-state index contributed by atoms with van der Waals surface area (Å²) in [6, 6.07) is 0. The van der Waals surface area contributed by atoms with Crippen LogP contribution >= 0.6 is 0 Å². The van der Waals surface area contributed by atoms with E-state index in [-0.39, 0.29) is 6.42 Å². The summed E-state index contributed by atoms with van der Waals surface area (Å²) in [5.41, 5.74) is 0. The Labute approximate surface area is 46.5 Å². The van der Waals surface area contributed by atoms with E-state index in [1.54, 1.807) is 0 Å². The molecule has 1 rings (SSSR count). The van der Waals surface area contributed by atoms with Gasteiger partial charge in [0.25, 0.3) is 0 Å². The maximum atomic E-state index is 12.0. The third kappa shape index (κ3) is 0.941. The van der Waals surface area contributed by atoms with Gasteiger partial charge in [-0.25, -0.2) is 8.78 Å². The molecule has 1 aliphatic rings. The van der Waals surface area contributed by atoms with Crippen molar-refractivity contribution in [1.29, 1.82) is 0 Å². The van der Waals surface area contributed by atoms with Gasteiger partial charge in [0, 0.05) is 12.5 Å². The van der Waals surface area contributed by atoms with Crippen molar-refractivity contribution in [3.8, 4) is 0 Å². The molecule has 0 aliphatic heterocycles. The Kier molecular flexibility index (Phi) is 1.42. The molecule has 2 radical (unpaired) electrons. The molecule has 0 saturated carbocycles. The molecule has 0 unspecified atom stereocenters. The van der Waals surface area contributed by atoms with Gasteiger partial charge in [0.2, 0.25) is 0 Å². The van der Waals surface area contributed by atoms with Gasteiger partial charge in [-0.2, -0.15) is 0 Å². The lowest BCUT2D eigenvalue weighted by Gasteiger charge is -1.97. The molecular formula is C6H4F2. The molecule has 0 spiro atoms. The van der Waals surface area contributed by atoms with Crippen LogP contribution in [0.25, 0.3) is 0 Å². The fourth-order valence-electron chi connectivity index (χ4n) is 0.490. The molecule has 0 saturated heterocycles. The minimum Gasteiger partial charge on any atom is -0.209 e. The highest BCUT2D eigenvalue weighted by Gasteiger charge is 2.05. The van der Waals surface area contributed by atoms with Crippen LogP contribution in [0.15, 0.2) is 11.7 Å². The Morgan fingerprint density at radius 2 is 2.12 bits per heavy atom. The lowest BCUT2D eigenvalue weighted by molar-refractivity contribution is 0.509. The van der Waals surface area contributed by atoms with Crippen molar-refractivity contribution in [1.82, 2.24) is 0 Å². The van der Waals surface area contributed by atoms with Gasteiger partial charge in [-0.1, -0.05) is 0 Å². The molecule has 2 heteroatoms. The van der Waals surface area contributed by atoms with Crippen LogP contribution in [0.1, 0.15) is 12.8 Å². The first kappa shape index (κ1) is 5.48. The standard InChI is InChI=1S/C6H4F2/c7-5-3-1-2-4-6(5)8/h1,3H2. The Balaban J connectivity index is 2.76. The molecule has 0 fully saturated rings. The van der Waals surface area contributed by atoms with Crippen LogP contribution in [-0.4, -0.2) is 0 Å². The van der Waals surface area contributed by atoms with Gasteiger partial charge < -0.3 is 0 Å². The molecule has 0 aromatic heterocycles. The third-order valence-corrected chi connectivity index (χ3v) is 0.906. The van der Waals surface area contributed by atoms with Gasteiger partial charge in [0.1, 0.15) is 5.83 Å². The zero-order valence-corrected chi connectivity index (χ0v) is 4.17. The minimum absolute atomic E-state index is 0.138. The summed E-state index contributed by atoms with van der Waals surface area (Å²) in [6.45, 7) is 0. The predicted octanol–water partition coefficient (Wildman–Crippen LogP) is 2.09. The molecule has 8 heavy (non-hydrogen) atoms. The Morgan fingerprint density at radius 3 is 2.50 bits per heavy atom. The Morgan fingerprint density at radius 1 is 1.38 bits per heavy atom. The van der Waals surface area contributed by atoms with Crippen LogP contribution in [0.2, 0.25) is 0 Å². The molecule has 0 nitrogen and oxygen atoms in total. The minimum atomic E-state index is -0.892. The lowest BCUT2D eigenvalue weighted by atomic mass is 10.2. The molecule has 42 valence electrons. The Bertz CT molecular complexity index is 145. The summed E-state index contributed by atoms with van der Waals surface area (Å²) >= 11 is 0. The van der Waals surface area contributed by atoms with Crippen molar-refractivity contribution in [2.75, 3.05) is 0 Å². The van der Waals surface area contributed by atoms with E-state index in [0.717, 1.165) is 0 Å². The van der Waals surface area contributed by atoms with E-state index < -0.39 is 11.7 Å². The van der Waals surface area contributed by atoms with Crippen molar-refractivity contribution < 1.29 is 8.78 Å². The second-order valence-electron chi connectivity index (χ2n) is 1.52. The largest absolute Gasteiger partial charge is 0.209 e. The van der Waals surface area contributed by atoms with E-state index in [1.165, 1.54) is 0 Å². The first-order valence-corrected chi connectivity index (χ1v) is 2.34. The molecule has 0 amide bonds. The van der Waals surface area contributed by atoms with E-state index in [9.17, 15) is 8.78 Å². The molecule has 1 aliphatic carbocycles. The Hall–Kier alpha value is -0.660. The fraction of sp³-hybridized carbons (Fsp3) is 0.333. The summed E-state index contributed by atoms with van der Waals surface area (Å²) in [4.78, 5) is 0. The molecule has 0 atom stereocenters. The number of allylic oxidation sites excluding steroid dienone is 4. The second kappa shape index (κ2) is 2.07. The summed E-state index contributed by atoms with van der Waals surface area (Å²) in [5, 5.41) is 0. The highest BCUT2D eigenvalue weighted by Crippen LogP contribution is 2.18. The number of hydrogen-bond acceptors (Lipinski definition) is 0. The van der Waals surface area contributed by atoms with Crippen molar-refractivity contribution >= 4 is 0 Å². The number of halogens is 2. The summed E-state index contributed by atoms with van der Waals surface area (Å²) in [5.74, 6) is -1.60. The van der Waals surface area contributed by atoms with Gasteiger partial charge in [-0.3, -0.25) is 0 Å². The topological polar surface area (TPSA) is 0 Å².